The summed E-state index contributed by atoms with van der Waals surface area (Å²) < 4.78 is 12.6. The summed E-state index contributed by atoms with van der Waals surface area (Å²) in [5.74, 6) is -0.0266. The second-order valence-electron chi connectivity index (χ2n) is 9.83. The molecular weight excluding hydrogens is 379 g/mol. The first-order valence-electron chi connectivity index (χ1n) is 10.9. The molecule has 3 heterocycles. The van der Waals surface area contributed by atoms with Crippen molar-refractivity contribution < 1.29 is 19.2 Å². The van der Waals surface area contributed by atoms with Crippen LogP contribution in [0, 0.1) is 0 Å². The number of aromatic nitrogens is 1. The zero-order chi connectivity index (χ0) is 21.3. The monoisotopic (exact) mass is 408 g/mol. The molecule has 3 aliphatic rings. The fourth-order valence-corrected chi connectivity index (χ4v) is 4.96. The molecule has 2 aliphatic heterocycles. The van der Waals surface area contributed by atoms with Crippen molar-refractivity contribution in [1.82, 2.24) is 9.88 Å². The Morgan fingerprint density at radius 2 is 1.87 bits per heavy atom. The molecule has 158 valence electrons. The van der Waals surface area contributed by atoms with E-state index in [1.807, 2.05) is 50.8 Å². The summed E-state index contributed by atoms with van der Waals surface area (Å²) in [6, 6.07) is 5.73. The number of amides is 1. The first kappa shape index (κ1) is 20.0. The molecule has 0 unspecified atom stereocenters. The zero-order valence-electron chi connectivity index (χ0n) is 18.1. The molecule has 1 aromatic heterocycles. The number of nitrogens with zero attached hydrogens (tertiary/aromatic N) is 2. The van der Waals surface area contributed by atoms with Crippen molar-refractivity contribution in [2.45, 2.75) is 83.3 Å². The van der Waals surface area contributed by atoms with Gasteiger partial charge in [0.05, 0.1) is 28.9 Å². The van der Waals surface area contributed by atoms with Gasteiger partial charge >= 0.3 is 7.12 Å². The Hall–Kier alpha value is -1.96. The Balaban J connectivity index is 1.59. The van der Waals surface area contributed by atoms with Crippen molar-refractivity contribution in [3.63, 3.8) is 0 Å². The van der Waals surface area contributed by atoms with E-state index in [4.69, 9.17) is 9.31 Å². The zero-order valence-corrected chi connectivity index (χ0v) is 18.1. The van der Waals surface area contributed by atoms with Gasteiger partial charge in [0.25, 0.3) is 5.91 Å². The summed E-state index contributed by atoms with van der Waals surface area (Å²) in [7, 11) is -0.561. The largest absolute Gasteiger partial charge is 0.495 e. The predicted molar refractivity (Wildman–Crippen MR) is 116 cm³/mol. The van der Waals surface area contributed by atoms with E-state index in [1.54, 1.807) is 6.20 Å². The second kappa shape index (κ2) is 6.77. The van der Waals surface area contributed by atoms with Gasteiger partial charge in [-0.1, -0.05) is 18.9 Å². The van der Waals surface area contributed by atoms with Gasteiger partial charge in [0, 0.05) is 29.3 Å². The van der Waals surface area contributed by atoms with Crippen LogP contribution in [-0.2, 0) is 15.9 Å². The maximum Gasteiger partial charge on any atom is 0.495 e. The first-order chi connectivity index (χ1) is 14.2. The average molecular weight is 408 g/mol. The number of aliphatic hydroxyl groups excluding tert-OH is 1. The van der Waals surface area contributed by atoms with E-state index < -0.39 is 24.4 Å². The van der Waals surface area contributed by atoms with Gasteiger partial charge in [-0.05, 0) is 58.1 Å². The van der Waals surface area contributed by atoms with Gasteiger partial charge in [-0.25, -0.2) is 0 Å². The Labute approximate surface area is 177 Å². The van der Waals surface area contributed by atoms with Gasteiger partial charge < -0.3 is 19.3 Å². The lowest BCUT2D eigenvalue weighted by Crippen LogP contribution is -2.45. The third kappa shape index (κ3) is 2.90. The van der Waals surface area contributed by atoms with Gasteiger partial charge in [-0.3, -0.25) is 9.78 Å². The van der Waals surface area contributed by atoms with Crippen LogP contribution in [0.2, 0.25) is 0 Å². The van der Waals surface area contributed by atoms with Crippen LogP contribution in [-0.4, -0.2) is 51.4 Å². The highest BCUT2D eigenvalue weighted by molar-refractivity contribution is 6.65. The van der Waals surface area contributed by atoms with E-state index in [0.29, 0.717) is 12.1 Å². The molecule has 0 spiro atoms. The van der Waals surface area contributed by atoms with Crippen molar-refractivity contribution in [2.75, 3.05) is 0 Å². The maximum atomic E-state index is 13.4. The van der Waals surface area contributed by atoms with E-state index in [2.05, 4.69) is 4.98 Å². The molecule has 0 bridgehead atoms. The predicted octanol–water partition coefficient (Wildman–Crippen LogP) is 2.79. The van der Waals surface area contributed by atoms with Crippen molar-refractivity contribution in [3.8, 4) is 0 Å². The van der Waals surface area contributed by atoms with Crippen LogP contribution in [0.5, 0.6) is 0 Å². The highest BCUT2D eigenvalue weighted by Crippen LogP contribution is 2.39. The van der Waals surface area contributed by atoms with E-state index in [-0.39, 0.29) is 11.9 Å². The molecule has 1 N–H and O–H groups in total. The third-order valence-corrected chi connectivity index (χ3v) is 7.45. The van der Waals surface area contributed by atoms with Crippen molar-refractivity contribution in [2.24, 2.45) is 0 Å². The lowest BCUT2D eigenvalue weighted by molar-refractivity contribution is 0.00578. The van der Waals surface area contributed by atoms with Crippen LogP contribution in [0.15, 0.2) is 24.4 Å². The van der Waals surface area contributed by atoms with Gasteiger partial charge in [-0.2, -0.15) is 0 Å². The van der Waals surface area contributed by atoms with Crippen LogP contribution in [0.25, 0.3) is 10.9 Å². The molecule has 1 aliphatic carbocycles. The SMILES string of the molecule is CC1(C)OB(c2cc3c(c4ncccc24)CN([C@H]2CCCC[C@@H]2O)C3=O)OC1(C)C. The topological polar surface area (TPSA) is 71.9 Å². The Morgan fingerprint density at radius 3 is 2.57 bits per heavy atom. The van der Waals surface area contributed by atoms with Crippen molar-refractivity contribution >= 4 is 29.4 Å². The number of carbonyl (C=O) groups is 1. The summed E-state index contributed by atoms with van der Waals surface area (Å²) in [6.45, 7) is 8.60. The number of hydrogen-bond donors (Lipinski definition) is 1. The summed E-state index contributed by atoms with van der Waals surface area (Å²) in [5.41, 5.74) is 2.33. The first-order valence-corrected chi connectivity index (χ1v) is 10.9. The smallest absolute Gasteiger partial charge is 0.399 e. The Kier molecular flexibility index (Phi) is 4.51. The second-order valence-corrected chi connectivity index (χ2v) is 9.83. The van der Waals surface area contributed by atoms with Crippen LogP contribution in [0.3, 0.4) is 0 Å². The van der Waals surface area contributed by atoms with Crippen LogP contribution in [0.4, 0.5) is 0 Å². The number of hydrogen-bond acceptors (Lipinski definition) is 5. The Bertz CT molecular complexity index is 1010. The minimum atomic E-state index is -0.561. The molecule has 6 nitrogen and oxygen atoms in total. The molecule has 30 heavy (non-hydrogen) atoms. The normalized spacial score (nSPS) is 27.7. The fraction of sp³-hybridized carbons (Fsp3) is 0.565. The summed E-state index contributed by atoms with van der Waals surface area (Å²) >= 11 is 0. The molecule has 1 saturated heterocycles. The standard InChI is InChI=1S/C23H29BN2O4/c1-22(2)23(3,4)30-24(29-22)17-12-15-16(20-14(17)8-7-11-25-20)13-26(21(15)28)18-9-5-6-10-19(18)27/h7-8,11-12,18-19,27H,5-6,9-10,13H2,1-4H3/t18-,19-/m0/s1. The van der Waals surface area contributed by atoms with E-state index in [0.717, 1.165) is 47.6 Å². The van der Waals surface area contributed by atoms with Gasteiger partial charge in [0.1, 0.15) is 0 Å². The van der Waals surface area contributed by atoms with E-state index in [9.17, 15) is 9.90 Å². The molecule has 0 radical (unpaired) electrons. The summed E-state index contributed by atoms with van der Waals surface area (Å²) in [4.78, 5) is 19.9. The minimum Gasteiger partial charge on any atom is -0.399 e. The maximum absolute atomic E-state index is 13.4. The highest BCUT2D eigenvalue weighted by atomic mass is 16.7. The van der Waals surface area contributed by atoms with Gasteiger partial charge in [0.2, 0.25) is 0 Å². The molecule has 1 amide bonds. The number of carbonyl (C=O) groups excluding carboxylic acids is 1. The fourth-order valence-electron chi connectivity index (χ4n) is 4.96. The lowest BCUT2D eigenvalue weighted by atomic mass is 9.75. The van der Waals surface area contributed by atoms with Crippen molar-refractivity contribution in [1.29, 1.82) is 0 Å². The number of pyridine rings is 1. The Morgan fingerprint density at radius 1 is 1.17 bits per heavy atom. The molecule has 2 aromatic rings. The molecular formula is C23H29BN2O4. The van der Waals surface area contributed by atoms with Gasteiger partial charge in [0.15, 0.2) is 0 Å². The summed E-state index contributed by atoms with van der Waals surface area (Å²) in [5, 5.41) is 11.5. The molecule has 1 aromatic carbocycles. The molecule has 7 heteroatoms. The number of fused-ring (bicyclic) bond motifs is 3. The average Bonchev–Trinajstić information content (AvgIpc) is 3.14. The highest BCUT2D eigenvalue weighted by Gasteiger charge is 2.52. The minimum absolute atomic E-state index is 0.0266. The van der Waals surface area contributed by atoms with E-state index in [1.165, 1.54) is 0 Å². The number of aliphatic hydroxyl groups is 1. The van der Waals surface area contributed by atoms with Crippen molar-refractivity contribution in [3.05, 3.63) is 35.5 Å². The molecule has 1 saturated carbocycles. The molecule has 5 rings (SSSR count). The van der Waals surface area contributed by atoms with Crippen LogP contribution < -0.4 is 5.46 Å². The number of rotatable bonds is 2. The number of benzene rings is 1. The quantitative estimate of drug-likeness (QED) is 0.774. The molecule has 2 atom stereocenters. The van der Waals surface area contributed by atoms with E-state index >= 15 is 0 Å². The third-order valence-electron chi connectivity index (χ3n) is 7.45. The van der Waals surface area contributed by atoms with Crippen LogP contribution in [0.1, 0.15) is 69.3 Å². The lowest BCUT2D eigenvalue weighted by Gasteiger charge is -2.35. The molecule has 2 fully saturated rings. The summed E-state index contributed by atoms with van der Waals surface area (Å²) in [6.07, 6.45) is 4.96. The van der Waals surface area contributed by atoms with Gasteiger partial charge in [-0.15, -0.1) is 0 Å². The van der Waals surface area contributed by atoms with Crippen LogP contribution >= 0.6 is 0 Å².